The minimum absolute atomic E-state index is 0.402. The number of carboxylic acid groups (broad SMARTS) is 1. The molecule has 28 heavy (non-hydrogen) atoms. The van der Waals surface area contributed by atoms with Crippen molar-refractivity contribution in [3.8, 4) is 11.5 Å². The van der Waals surface area contributed by atoms with E-state index in [0.717, 1.165) is 23.6 Å². The van der Waals surface area contributed by atoms with Crippen molar-refractivity contribution in [1.29, 1.82) is 0 Å². The van der Waals surface area contributed by atoms with Crippen molar-refractivity contribution in [1.82, 2.24) is 0 Å². The van der Waals surface area contributed by atoms with Crippen molar-refractivity contribution in [2.45, 2.75) is 46.6 Å². The number of aliphatic carboxylic acids is 1. The van der Waals surface area contributed by atoms with Crippen LogP contribution in [0, 0.1) is 0 Å². The average Bonchev–Trinajstić information content (AvgIpc) is 2.62. The summed E-state index contributed by atoms with van der Waals surface area (Å²) < 4.78 is 26.3. The van der Waals surface area contributed by atoms with Crippen LogP contribution in [-0.2, 0) is 4.79 Å². The van der Waals surface area contributed by atoms with Gasteiger partial charge in [0.05, 0.1) is 7.11 Å². The van der Waals surface area contributed by atoms with E-state index in [0.29, 0.717) is 28.2 Å². The van der Waals surface area contributed by atoms with Gasteiger partial charge in [-0.2, -0.15) is 0 Å². The molecule has 5 heteroatoms. The Morgan fingerprint density at radius 3 is 2.54 bits per heavy atom. The van der Waals surface area contributed by atoms with Gasteiger partial charge < -0.3 is 14.6 Å². The second-order valence-electron chi connectivity index (χ2n) is 7.31. The van der Waals surface area contributed by atoms with Gasteiger partial charge in [0, 0.05) is 23.3 Å². The van der Waals surface area contributed by atoms with Crippen molar-refractivity contribution in [3.63, 3.8) is 0 Å². The zero-order valence-electron chi connectivity index (χ0n) is 17.2. The van der Waals surface area contributed by atoms with E-state index in [-0.39, 0.29) is 0 Å². The van der Waals surface area contributed by atoms with Gasteiger partial charge in [-0.15, -0.1) is 0 Å². The van der Waals surface area contributed by atoms with Crippen molar-refractivity contribution in [2.24, 2.45) is 0 Å². The molecule has 0 unspecified atom stereocenters. The van der Waals surface area contributed by atoms with Gasteiger partial charge in [-0.25, -0.2) is 9.18 Å². The molecule has 1 N–H and O–H groups in total. The lowest BCUT2D eigenvalue weighted by atomic mass is 9.90. The topological polar surface area (TPSA) is 55.8 Å². The maximum Gasteiger partial charge on any atom is 0.328 e. The number of rotatable bonds is 6. The lowest BCUT2D eigenvalue weighted by Crippen LogP contribution is -2.29. The van der Waals surface area contributed by atoms with Crippen LogP contribution in [0.15, 0.2) is 47.8 Å². The van der Waals surface area contributed by atoms with Crippen LogP contribution in [0.4, 0.5) is 4.39 Å². The molecule has 1 aliphatic rings. The molecule has 0 aliphatic carbocycles. The molecule has 0 saturated heterocycles. The predicted molar refractivity (Wildman–Crippen MR) is 110 cm³/mol. The maximum absolute atomic E-state index is 14.7. The van der Waals surface area contributed by atoms with E-state index in [9.17, 15) is 9.18 Å². The van der Waals surface area contributed by atoms with Gasteiger partial charge in [-0.1, -0.05) is 13.0 Å². The molecule has 1 aromatic rings. The summed E-state index contributed by atoms with van der Waals surface area (Å²) in [5.41, 5.74) is 3.12. The molecular formula is C23H27FO4. The van der Waals surface area contributed by atoms with Gasteiger partial charge in [-0.3, -0.25) is 0 Å². The standard InChI is InChI=1S/C23H27FO4/c1-7-16-13-23(4,5)28-21-12-20(27-6)17(11-18(16)21)15(3)19(24)9-8-14(2)10-22(25)26/h8-13H,7H2,1-6H3,(H,25,26)/b9-8+,14-10+,19-15+. The molecule has 0 saturated carbocycles. The fourth-order valence-corrected chi connectivity index (χ4v) is 3.16. The van der Waals surface area contributed by atoms with E-state index in [1.165, 1.54) is 19.3 Å². The number of hydrogen-bond acceptors (Lipinski definition) is 3. The summed E-state index contributed by atoms with van der Waals surface area (Å²) in [6.45, 7) is 9.33. The highest BCUT2D eigenvalue weighted by molar-refractivity contribution is 5.82. The minimum atomic E-state index is -1.07. The molecule has 0 atom stereocenters. The number of allylic oxidation sites excluding steroid dienone is 6. The maximum atomic E-state index is 14.7. The van der Waals surface area contributed by atoms with Crippen LogP contribution >= 0.6 is 0 Å². The molecule has 0 bridgehead atoms. The number of fused-ring (bicyclic) bond motifs is 1. The monoisotopic (exact) mass is 386 g/mol. The zero-order chi connectivity index (χ0) is 21.1. The normalized spacial score (nSPS) is 16.8. The first-order valence-electron chi connectivity index (χ1n) is 9.17. The minimum Gasteiger partial charge on any atom is -0.496 e. The van der Waals surface area contributed by atoms with E-state index in [2.05, 4.69) is 13.0 Å². The van der Waals surface area contributed by atoms with Crippen LogP contribution in [0.1, 0.15) is 52.2 Å². The molecular weight excluding hydrogens is 359 g/mol. The Labute approximate surface area is 165 Å². The van der Waals surface area contributed by atoms with Crippen molar-refractivity contribution < 1.29 is 23.8 Å². The van der Waals surface area contributed by atoms with Crippen LogP contribution in [0.5, 0.6) is 11.5 Å². The summed E-state index contributed by atoms with van der Waals surface area (Å²) in [5, 5.41) is 8.75. The van der Waals surface area contributed by atoms with E-state index in [4.69, 9.17) is 14.6 Å². The first-order chi connectivity index (χ1) is 13.1. The SMILES string of the molecule is CCC1=CC(C)(C)Oc2cc(OC)c(\C(C)=C(F)/C=C/C(C)=C/C(=O)O)cc21. The summed E-state index contributed by atoms with van der Waals surface area (Å²) in [6.07, 6.45) is 6.63. The largest absolute Gasteiger partial charge is 0.496 e. The molecule has 150 valence electrons. The number of carboxylic acids is 1. The summed E-state index contributed by atoms with van der Waals surface area (Å²) in [4.78, 5) is 10.7. The third-order valence-corrected chi connectivity index (χ3v) is 4.53. The molecule has 0 radical (unpaired) electrons. The highest BCUT2D eigenvalue weighted by atomic mass is 19.1. The molecule has 0 aromatic heterocycles. The van der Waals surface area contributed by atoms with E-state index >= 15 is 0 Å². The Balaban J connectivity index is 2.54. The summed E-state index contributed by atoms with van der Waals surface area (Å²) in [6, 6.07) is 3.69. The Morgan fingerprint density at radius 2 is 1.96 bits per heavy atom. The molecule has 0 amide bonds. The van der Waals surface area contributed by atoms with Gasteiger partial charge >= 0.3 is 5.97 Å². The molecule has 1 aromatic carbocycles. The molecule has 2 rings (SSSR count). The summed E-state index contributed by atoms with van der Waals surface area (Å²) in [5.74, 6) is -0.295. The van der Waals surface area contributed by atoms with E-state index in [1.807, 2.05) is 19.9 Å². The van der Waals surface area contributed by atoms with Crippen LogP contribution in [0.2, 0.25) is 0 Å². The smallest absolute Gasteiger partial charge is 0.328 e. The molecule has 1 aliphatic heterocycles. The van der Waals surface area contributed by atoms with Crippen molar-refractivity contribution in [2.75, 3.05) is 7.11 Å². The average molecular weight is 386 g/mol. The number of methoxy groups -OCH3 is 1. The van der Waals surface area contributed by atoms with Crippen molar-refractivity contribution >= 4 is 17.1 Å². The van der Waals surface area contributed by atoms with E-state index < -0.39 is 17.4 Å². The quantitative estimate of drug-likeness (QED) is 0.485. The van der Waals surface area contributed by atoms with Gasteiger partial charge in [0.2, 0.25) is 0 Å². The first kappa shape index (κ1) is 21.5. The number of hydrogen-bond donors (Lipinski definition) is 1. The first-order valence-corrected chi connectivity index (χ1v) is 9.17. The Hall–Kier alpha value is -2.82. The third kappa shape index (κ3) is 4.91. The molecule has 0 spiro atoms. The van der Waals surface area contributed by atoms with Gasteiger partial charge in [0.1, 0.15) is 22.9 Å². The number of carbonyl (C=O) groups is 1. The number of benzene rings is 1. The molecule has 1 heterocycles. The number of ether oxygens (including phenoxy) is 2. The lowest BCUT2D eigenvalue weighted by molar-refractivity contribution is -0.131. The van der Waals surface area contributed by atoms with Crippen molar-refractivity contribution in [3.05, 3.63) is 59.0 Å². The fraction of sp³-hybridized carbons (Fsp3) is 0.348. The third-order valence-electron chi connectivity index (χ3n) is 4.53. The Morgan fingerprint density at radius 1 is 1.29 bits per heavy atom. The number of halogens is 1. The Kier molecular flexibility index (Phi) is 6.49. The van der Waals surface area contributed by atoms with Crippen LogP contribution < -0.4 is 9.47 Å². The summed E-state index contributed by atoms with van der Waals surface area (Å²) in [7, 11) is 1.54. The van der Waals surface area contributed by atoms with Gasteiger partial charge in [0.15, 0.2) is 0 Å². The van der Waals surface area contributed by atoms with Crippen LogP contribution in [0.3, 0.4) is 0 Å². The second kappa shape index (κ2) is 8.46. The highest BCUT2D eigenvalue weighted by Gasteiger charge is 2.27. The highest BCUT2D eigenvalue weighted by Crippen LogP contribution is 2.43. The lowest BCUT2D eigenvalue weighted by Gasteiger charge is -2.32. The zero-order valence-corrected chi connectivity index (χ0v) is 17.2. The predicted octanol–water partition coefficient (Wildman–Crippen LogP) is 5.95. The molecule has 4 nitrogen and oxygen atoms in total. The van der Waals surface area contributed by atoms with E-state index in [1.54, 1.807) is 19.9 Å². The van der Waals surface area contributed by atoms with Crippen LogP contribution in [-0.4, -0.2) is 23.8 Å². The fourth-order valence-electron chi connectivity index (χ4n) is 3.16. The van der Waals surface area contributed by atoms with Gasteiger partial charge in [-0.05, 0) is 69.1 Å². The van der Waals surface area contributed by atoms with Crippen LogP contribution in [0.25, 0.3) is 11.1 Å². The van der Waals surface area contributed by atoms with Gasteiger partial charge in [0.25, 0.3) is 0 Å². The summed E-state index contributed by atoms with van der Waals surface area (Å²) >= 11 is 0. The second-order valence-corrected chi connectivity index (χ2v) is 7.31. The Bertz CT molecular complexity index is 901. The molecule has 0 fully saturated rings.